The van der Waals surface area contributed by atoms with E-state index in [1.807, 2.05) is 14.0 Å². The lowest BCUT2D eigenvalue weighted by Gasteiger charge is -2.23. The molecule has 96 valence electrons. The van der Waals surface area contributed by atoms with Crippen molar-refractivity contribution in [3.8, 4) is 0 Å². The Kier molecular flexibility index (Phi) is 4.74. The number of rotatable bonds is 5. The predicted octanol–water partition coefficient (Wildman–Crippen LogP) is 2.27. The highest BCUT2D eigenvalue weighted by molar-refractivity contribution is 9.09. The number of halogens is 1. The van der Waals surface area contributed by atoms with E-state index >= 15 is 0 Å². The third-order valence-electron chi connectivity index (χ3n) is 2.76. The predicted molar refractivity (Wildman–Crippen MR) is 72.5 cm³/mol. The Hall–Kier alpha value is -0.840. The van der Waals surface area contributed by atoms with Gasteiger partial charge in [-0.25, -0.2) is 0 Å². The van der Waals surface area contributed by atoms with Crippen molar-refractivity contribution in [3.63, 3.8) is 0 Å². The third kappa shape index (κ3) is 4.15. The van der Waals surface area contributed by atoms with Crippen LogP contribution in [0.2, 0.25) is 0 Å². The molecule has 0 aliphatic carbocycles. The number of carbonyl (C=O) groups is 1. The average Bonchev–Trinajstić information content (AvgIpc) is 2.54. The molecule has 0 radical (unpaired) electrons. The van der Waals surface area contributed by atoms with Crippen molar-refractivity contribution in [1.82, 2.24) is 15.1 Å². The standard InChI is InChI=1S/C12H20BrN3O/c1-9-10(7-16(4)15-9)11(17)14-8-12(2,3)5-6-13/h7H,5-6,8H2,1-4H3,(H,14,17). The Morgan fingerprint density at radius 2 is 2.24 bits per heavy atom. The van der Waals surface area contributed by atoms with Crippen LogP contribution in [0.3, 0.4) is 0 Å². The first-order valence-corrected chi connectivity index (χ1v) is 6.82. The van der Waals surface area contributed by atoms with Crippen LogP contribution >= 0.6 is 15.9 Å². The van der Waals surface area contributed by atoms with Gasteiger partial charge in [0.25, 0.3) is 5.91 Å². The fraction of sp³-hybridized carbons (Fsp3) is 0.667. The number of nitrogens with zero attached hydrogens (tertiary/aromatic N) is 2. The van der Waals surface area contributed by atoms with Crippen LogP contribution in [0.1, 0.15) is 36.3 Å². The maximum absolute atomic E-state index is 12.0. The number of carbonyl (C=O) groups excluding carboxylic acids is 1. The van der Waals surface area contributed by atoms with Crippen molar-refractivity contribution in [1.29, 1.82) is 0 Å². The zero-order valence-corrected chi connectivity index (χ0v) is 12.5. The summed E-state index contributed by atoms with van der Waals surface area (Å²) >= 11 is 3.43. The highest BCUT2D eigenvalue weighted by atomic mass is 79.9. The smallest absolute Gasteiger partial charge is 0.254 e. The zero-order valence-electron chi connectivity index (χ0n) is 10.9. The van der Waals surface area contributed by atoms with Crippen LogP contribution in [0.25, 0.3) is 0 Å². The number of aryl methyl sites for hydroxylation is 2. The summed E-state index contributed by atoms with van der Waals surface area (Å²) in [6.45, 7) is 6.81. The summed E-state index contributed by atoms with van der Waals surface area (Å²) in [5.74, 6) is -0.0433. The zero-order chi connectivity index (χ0) is 13.1. The molecule has 0 fully saturated rings. The lowest BCUT2D eigenvalue weighted by Crippen LogP contribution is -2.34. The first kappa shape index (κ1) is 14.2. The molecule has 0 bridgehead atoms. The number of nitrogens with one attached hydrogen (secondary N) is 1. The topological polar surface area (TPSA) is 46.9 Å². The highest BCUT2D eigenvalue weighted by Gasteiger charge is 2.19. The van der Waals surface area contributed by atoms with Gasteiger partial charge in [-0.2, -0.15) is 5.10 Å². The molecular weight excluding hydrogens is 282 g/mol. The molecule has 5 heteroatoms. The molecule has 17 heavy (non-hydrogen) atoms. The summed E-state index contributed by atoms with van der Waals surface area (Å²) in [4.78, 5) is 12.0. The van der Waals surface area contributed by atoms with E-state index in [1.54, 1.807) is 10.9 Å². The maximum Gasteiger partial charge on any atom is 0.254 e. The lowest BCUT2D eigenvalue weighted by molar-refractivity contribution is 0.0935. The van der Waals surface area contributed by atoms with E-state index in [1.165, 1.54) is 0 Å². The molecule has 1 rings (SSSR count). The molecule has 1 heterocycles. The summed E-state index contributed by atoms with van der Waals surface area (Å²) in [6.07, 6.45) is 2.78. The van der Waals surface area contributed by atoms with Crippen molar-refractivity contribution in [3.05, 3.63) is 17.5 Å². The van der Waals surface area contributed by atoms with Gasteiger partial charge in [0.1, 0.15) is 0 Å². The molecule has 0 saturated heterocycles. The number of alkyl halides is 1. The van der Waals surface area contributed by atoms with Gasteiger partial charge in [0.05, 0.1) is 11.3 Å². The molecule has 0 saturated carbocycles. The van der Waals surface area contributed by atoms with E-state index in [2.05, 4.69) is 40.2 Å². The van der Waals surface area contributed by atoms with E-state index in [-0.39, 0.29) is 11.3 Å². The van der Waals surface area contributed by atoms with Gasteiger partial charge in [-0.1, -0.05) is 29.8 Å². The number of hydrogen-bond acceptors (Lipinski definition) is 2. The van der Waals surface area contributed by atoms with Crippen LogP contribution in [-0.4, -0.2) is 27.6 Å². The molecule has 0 atom stereocenters. The Morgan fingerprint density at radius 3 is 2.71 bits per heavy atom. The van der Waals surface area contributed by atoms with Gasteiger partial charge in [0.2, 0.25) is 0 Å². The second-order valence-electron chi connectivity index (χ2n) is 5.09. The van der Waals surface area contributed by atoms with Crippen molar-refractivity contribution in [2.75, 3.05) is 11.9 Å². The SMILES string of the molecule is Cc1nn(C)cc1C(=O)NCC(C)(C)CCBr. The minimum absolute atomic E-state index is 0.0433. The van der Waals surface area contributed by atoms with Crippen LogP contribution in [0.5, 0.6) is 0 Å². The largest absolute Gasteiger partial charge is 0.351 e. The third-order valence-corrected chi connectivity index (χ3v) is 3.15. The molecule has 1 N–H and O–H groups in total. The molecule has 0 aliphatic rings. The quantitative estimate of drug-likeness (QED) is 0.848. The lowest BCUT2D eigenvalue weighted by atomic mass is 9.90. The Balaban J connectivity index is 2.59. The monoisotopic (exact) mass is 301 g/mol. The molecule has 4 nitrogen and oxygen atoms in total. The minimum Gasteiger partial charge on any atom is -0.351 e. The summed E-state index contributed by atoms with van der Waals surface area (Å²) < 4.78 is 1.66. The first-order valence-electron chi connectivity index (χ1n) is 5.70. The average molecular weight is 302 g/mol. The van der Waals surface area contributed by atoms with Crippen LogP contribution < -0.4 is 5.32 Å². The summed E-state index contributed by atoms with van der Waals surface area (Å²) in [5, 5.41) is 8.07. The van der Waals surface area contributed by atoms with Crippen molar-refractivity contribution in [2.45, 2.75) is 27.2 Å². The second-order valence-corrected chi connectivity index (χ2v) is 5.88. The minimum atomic E-state index is -0.0433. The maximum atomic E-state index is 12.0. The summed E-state index contributed by atoms with van der Waals surface area (Å²) in [6, 6.07) is 0. The van der Waals surface area contributed by atoms with Crippen LogP contribution in [0, 0.1) is 12.3 Å². The van der Waals surface area contributed by atoms with Crippen LogP contribution in [-0.2, 0) is 7.05 Å². The van der Waals surface area contributed by atoms with Crippen molar-refractivity contribution < 1.29 is 4.79 Å². The fourth-order valence-electron chi connectivity index (χ4n) is 1.58. The van der Waals surface area contributed by atoms with E-state index in [9.17, 15) is 4.79 Å². The van der Waals surface area contributed by atoms with Gasteiger partial charge in [-0.15, -0.1) is 0 Å². The second kappa shape index (κ2) is 5.67. The molecule has 0 spiro atoms. The Morgan fingerprint density at radius 1 is 1.59 bits per heavy atom. The highest BCUT2D eigenvalue weighted by Crippen LogP contribution is 2.20. The molecule has 0 aliphatic heterocycles. The molecule has 1 amide bonds. The Bertz CT molecular complexity index is 398. The van der Waals surface area contributed by atoms with Crippen LogP contribution in [0.15, 0.2) is 6.20 Å². The van der Waals surface area contributed by atoms with E-state index in [4.69, 9.17) is 0 Å². The van der Waals surface area contributed by atoms with Gasteiger partial charge in [-0.05, 0) is 18.8 Å². The number of aromatic nitrogens is 2. The summed E-state index contributed by atoms with van der Waals surface area (Å²) in [7, 11) is 1.82. The summed E-state index contributed by atoms with van der Waals surface area (Å²) in [5.41, 5.74) is 1.53. The molecule has 0 unspecified atom stereocenters. The number of amides is 1. The van der Waals surface area contributed by atoms with E-state index in [0.717, 1.165) is 17.4 Å². The van der Waals surface area contributed by atoms with Gasteiger partial charge >= 0.3 is 0 Å². The van der Waals surface area contributed by atoms with Crippen molar-refractivity contribution >= 4 is 21.8 Å². The molecular formula is C12H20BrN3O. The normalized spacial score (nSPS) is 11.6. The molecule has 0 aromatic carbocycles. The van der Waals surface area contributed by atoms with Crippen molar-refractivity contribution in [2.24, 2.45) is 12.5 Å². The van der Waals surface area contributed by atoms with E-state index in [0.29, 0.717) is 12.1 Å². The van der Waals surface area contributed by atoms with Gasteiger partial charge < -0.3 is 5.32 Å². The Labute approximate surface area is 111 Å². The van der Waals surface area contributed by atoms with Crippen LogP contribution in [0.4, 0.5) is 0 Å². The molecule has 1 aromatic rings. The van der Waals surface area contributed by atoms with Gasteiger partial charge in [0, 0.05) is 25.1 Å². The first-order chi connectivity index (χ1) is 7.85. The number of hydrogen-bond donors (Lipinski definition) is 1. The molecule has 1 aromatic heterocycles. The van der Waals surface area contributed by atoms with E-state index < -0.39 is 0 Å². The van der Waals surface area contributed by atoms with Gasteiger partial charge in [0.15, 0.2) is 0 Å². The van der Waals surface area contributed by atoms with Gasteiger partial charge in [-0.3, -0.25) is 9.48 Å². The fourth-order valence-corrected chi connectivity index (χ4v) is 2.65.